The van der Waals surface area contributed by atoms with Gasteiger partial charge in [0.25, 0.3) is 0 Å². The molecule has 2 aliphatic rings. The summed E-state index contributed by atoms with van der Waals surface area (Å²) in [5.41, 5.74) is 7.40. The summed E-state index contributed by atoms with van der Waals surface area (Å²) in [6.07, 6.45) is 3.14. The van der Waals surface area contributed by atoms with E-state index in [4.69, 9.17) is 5.73 Å². The minimum atomic E-state index is -0.183. The number of amides is 3. The molecule has 3 amide bonds. The summed E-state index contributed by atoms with van der Waals surface area (Å²) in [7, 11) is 0. The maximum atomic E-state index is 12.6. The predicted octanol–water partition coefficient (Wildman–Crippen LogP) is 0.891. The maximum Gasteiger partial charge on any atom is 0.227 e. The zero-order chi connectivity index (χ0) is 19.2. The number of nitrogens with one attached hydrogen (secondary N) is 2. The lowest BCUT2D eigenvalue weighted by atomic mass is 9.89. The maximum absolute atomic E-state index is 12.6. The van der Waals surface area contributed by atoms with Gasteiger partial charge in [-0.2, -0.15) is 0 Å². The van der Waals surface area contributed by atoms with Gasteiger partial charge >= 0.3 is 0 Å². The van der Waals surface area contributed by atoms with Gasteiger partial charge < -0.3 is 21.3 Å². The molecule has 0 aromatic heterocycles. The fraction of sp³-hybridized carbons (Fsp3) is 0.550. The van der Waals surface area contributed by atoms with Gasteiger partial charge in [0.1, 0.15) is 0 Å². The van der Waals surface area contributed by atoms with Crippen LogP contribution >= 0.6 is 0 Å². The first-order valence-corrected chi connectivity index (χ1v) is 9.73. The summed E-state index contributed by atoms with van der Waals surface area (Å²) in [5, 5.41) is 5.73. The second-order valence-electron chi connectivity index (χ2n) is 7.34. The molecule has 0 aliphatic carbocycles. The van der Waals surface area contributed by atoms with Gasteiger partial charge in [-0.15, -0.1) is 0 Å². The molecular weight excluding hydrogens is 344 g/mol. The highest BCUT2D eigenvalue weighted by Gasteiger charge is 2.30. The van der Waals surface area contributed by atoms with E-state index < -0.39 is 0 Å². The number of nitrogens with zero attached hydrogens (tertiary/aromatic N) is 1. The topological polar surface area (TPSA) is 105 Å². The fourth-order valence-corrected chi connectivity index (χ4v) is 3.86. The number of fused-ring (bicyclic) bond motifs is 1. The van der Waals surface area contributed by atoms with Crippen molar-refractivity contribution >= 4 is 23.4 Å². The predicted molar refractivity (Wildman–Crippen MR) is 103 cm³/mol. The highest BCUT2D eigenvalue weighted by Crippen LogP contribution is 2.28. The van der Waals surface area contributed by atoms with Crippen molar-refractivity contribution in [3.05, 3.63) is 29.8 Å². The summed E-state index contributed by atoms with van der Waals surface area (Å²) in [4.78, 5) is 38.8. The van der Waals surface area contributed by atoms with Crippen LogP contribution in [0.2, 0.25) is 0 Å². The largest absolute Gasteiger partial charge is 0.355 e. The molecule has 2 aliphatic heterocycles. The number of nitrogens with two attached hydrogens (primary N) is 1. The summed E-state index contributed by atoms with van der Waals surface area (Å²) in [5.74, 6) is -0.366. The van der Waals surface area contributed by atoms with Crippen molar-refractivity contribution in [1.29, 1.82) is 0 Å². The number of carbonyl (C=O) groups excluding carboxylic acids is 3. The number of hydrogen-bond donors (Lipinski definition) is 3. The van der Waals surface area contributed by atoms with Crippen LogP contribution in [-0.2, 0) is 20.8 Å². The Bertz CT molecular complexity index is 706. The zero-order valence-corrected chi connectivity index (χ0v) is 15.6. The smallest absolute Gasteiger partial charge is 0.227 e. The van der Waals surface area contributed by atoms with Crippen LogP contribution in [0.4, 0.5) is 5.69 Å². The summed E-state index contributed by atoms with van der Waals surface area (Å²) in [6, 6.07) is 7.78. The molecule has 2 unspecified atom stereocenters. The standard InChI is InChI=1S/C20H28N4O3/c21-9-10-22-19(26)16-5-3-11-24(13-16)18(25)8-7-15-12-14-4-1-2-6-17(14)23-20(15)27/h1-2,4,6,15-16H,3,5,7-13,21H2,(H,22,26)(H,23,27). The van der Waals surface area contributed by atoms with Crippen LogP contribution in [0.5, 0.6) is 0 Å². The lowest BCUT2D eigenvalue weighted by Crippen LogP contribution is -2.46. The van der Waals surface area contributed by atoms with Gasteiger partial charge in [-0.05, 0) is 37.3 Å². The Hall–Kier alpha value is -2.41. The molecule has 146 valence electrons. The van der Waals surface area contributed by atoms with E-state index in [0.29, 0.717) is 45.4 Å². The van der Waals surface area contributed by atoms with Crippen LogP contribution in [0.25, 0.3) is 0 Å². The first-order chi connectivity index (χ1) is 13.1. The first kappa shape index (κ1) is 19.4. The molecular formula is C20H28N4O3. The number of benzene rings is 1. The fourth-order valence-electron chi connectivity index (χ4n) is 3.86. The van der Waals surface area contributed by atoms with Crippen molar-refractivity contribution in [2.24, 2.45) is 17.6 Å². The third kappa shape index (κ3) is 4.86. The number of para-hydroxylation sites is 1. The third-order valence-electron chi connectivity index (χ3n) is 5.41. The number of likely N-dealkylation sites (tertiary alicyclic amines) is 1. The molecule has 1 fully saturated rings. The monoisotopic (exact) mass is 372 g/mol. The quantitative estimate of drug-likeness (QED) is 0.690. The molecule has 2 heterocycles. The Labute approximate surface area is 159 Å². The molecule has 0 bridgehead atoms. The van der Waals surface area contributed by atoms with Crippen LogP contribution in [0.1, 0.15) is 31.2 Å². The Morgan fingerprint density at radius 3 is 2.93 bits per heavy atom. The van der Waals surface area contributed by atoms with E-state index in [1.54, 1.807) is 4.90 Å². The SMILES string of the molecule is NCCNC(=O)C1CCCN(C(=O)CCC2Cc3ccccc3NC2=O)C1. The Kier molecular flexibility index (Phi) is 6.45. The molecule has 2 atom stereocenters. The molecule has 1 aromatic rings. The molecule has 27 heavy (non-hydrogen) atoms. The van der Waals surface area contributed by atoms with Crippen molar-refractivity contribution in [2.45, 2.75) is 32.1 Å². The van der Waals surface area contributed by atoms with E-state index in [0.717, 1.165) is 24.1 Å². The third-order valence-corrected chi connectivity index (χ3v) is 5.41. The molecule has 4 N–H and O–H groups in total. The van der Waals surface area contributed by atoms with Crippen LogP contribution in [0, 0.1) is 11.8 Å². The Balaban J connectivity index is 1.50. The number of piperidine rings is 1. The van der Waals surface area contributed by atoms with Gasteiger partial charge in [-0.3, -0.25) is 14.4 Å². The Morgan fingerprint density at radius 2 is 2.11 bits per heavy atom. The summed E-state index contributed by atoms with van der Waals surface area (Å²) >= 11 is 0. The summed E-state index contributed by atoms with van der Waals surface area (Å²) < 4.78 is 0. The second-order valence-corrected chi connectivity index (χ2v) is 7.34. The lowest BCUT2D eigenvalue weighted by molar-refractivity contribution is -0.136. The average Bonchev–Trinajstić information content (AvgIpc) is 2.70. The minimum absolute atomic E-state index is 0.0146. The van der Waals surface area contributed by atoms with Gasteiger partial charge in [-0.1, -0.05) is 18.2 Å². The normalized spacial score (nSPS) is 22.0. The van der Waals surface area contributed by atoms with E-state index in [-0.39, 0.29) is 29.6 Å². The van der Waals surface area contributed by atoms with Crippen molar-refractivity contribution in [3.63, 3.8) is 0 Å². The van der Waals surface area contributed by atoms with Gasteiger partial charge in [0.2, 0.25) is 17.7 Å². The van der Waals surface area contributed by atoms with Gasteiger partial charge in [0.05, 0.1) is 5.92 Å². The van der Waals surface area contributed by atoms with Gasteiger partial charge in [-0.25, -0.2) is 0 Å². The number of anilines is 1. The molecule has 3 rings (SSSR count). The zero-order valence-electron chi connectivity index (χ0n) is 15.6. The molecule has 7 nitrogen and oxygen atoms in total. The summed E-state index contributed by atoms with van der Waals surface area (Å²) in [6.45, 7) is 2.00. The van der Waals surface area contributed by atoms with Crippen molar-refractivity contribution < 1.29 is 14.4 Å². The molecule has 1 saturated heterocycles. The van der Waals surface area contributed by atoms with E-state index in [9.17, 15) is 14.4 Å². The van der Waals surface area contributed by atoms with Crippen LogP contribution in [0.15, 0.2) is 24.3 Å². The molecule has 0 saturated carbocycles. The molecule has 0 spiro atoms. The first-order valence-electron chi connectivity index (χ1n) is 9.73. The highest BCUT2D eigenvalue weighted by molar-refractivity contribution is 5.96. The van der Waals surface area contributed by atoms with Crippen molar-refractivity contribution in [3.8, 4) is 0 Å². The van der Waals surface area contributed by atoms with Crippen LogP contribution in [-0.4, -0.2) is 48.8 Å². The lowest BCUT2D eigenvalue weighted by Gasteiger charge is -2.32. The van der Waals surface area contributed by atoms with Crippen molar-refractivity contribution in [2.75, 3.05) is 31.5 Å². The second kappa shape index (κ2) is 8.99. The van der Waals surface area contributed by atoms with E-state index in [2.05, 4.69) is 10.6 Å². The average molecular weight is 372 g/mol. The van der Waals surface area contributed by atoms with Gasteiger partial charge in [0.15, 0.2) is 0 Å². The Morgan fingerprint density at radius 1 is 1.30 bits per heavy atom. The van der Waals surface area contributed by atoms with E-state index >= 15 is 0 Å². The molecule has 7 heteroatoms. The van der Waals surface area contributed by atoms with E-state index in [1.807, 2.05) is 24.3 Å². The van der Waals surface area contributed by atoms with E-state index in [1.165, 1.54) is 0 Å². The number of rotatable bonds is 6. The highest BCUT2D eigenvalue weighted by atomic mass is 16.2. The van der Waals surface area contributed by atoms with Crippen LogP contribution < -0.4 is 16.4 Å². The van der Waals surface area contributed by atoms with Gasteiger partial charge in [0, 0.05) is 44.2 Å². The molecule has 0 radical (unpaired) electrons. The van der Waals surface area contributed by atoms with Crippen LogP contribution in [0.3, 0.4) is 0 Å². The number of hydrogen-bond acceptors (Lipinski definition) is 4. The molecule has 1 aromatic carbocycles. The van der Waals surface area contributed by atoms with Crippen molar-refractivity contribution in [1.82, 2.24) is 10.2 Å². The number of carbonyl (C=O) groups is 3. The minimum Gasteiger partial charge on any atom is -0.355 e.